The second kappa shape index (κ2) is 5.64. The topological polar surface area (TPSA) is 92.0 Å². The van der Waals surface area contributed by atoms with Crippen LogP contribution < -0.4 is 0 Å². The number of nitrogens with zero attached hydrogens (tertiary/aromatic N) is 3. The highest BCUT2D eigenvalue weighted by Gasteiger charge is 2.40. The molecule has 2 aromatic rings. The molecule has 0 aliphatic carbocycles. The number of hydrogen-bond donors (Lipinski definition) is 1. The zero-order valence-corrected chi connectivity index (χ0v) is 13.7. The Morgan fingerprint density at radius 3 is 2.54 bits per heavy atom. The fourth-order valence-electron chi connectivity index (χ4n) is 2.53. The fraction of sp³-hybridized carbons (Fsp3) is 0.385. The number of carboxylic acids is 1. The summed E-state index contributed by atoms with van der Waals surface area (Å²) in [7, 11) is -4.14. The number of carboxylic acid groups (broad SMARTS) is 1. The fourth-order valence-corrected chi connectivity index (χ4v) is 4.57. The SMILES string of the molecule is O=C(O)c1ccn2c(S(=O)(=O)N3CCC(F)(F)CC3)c(Cl)nc2c1. The van der Waals surface area contributed by atoms with Crippen LogP contribution in [0.3, 0.4) is 0 Å². The van der Waals surface area contributed by atoms with E-state index in [-0.39, 0.29) is 34.5 Å². The van der Waals surface area contributed by atoms with E-state index in [0.717, 1.165) is 8.71 Å². The second-order valence-electron chi connectivity index (χ2n) is 5.42. The molecule has 1 N–H and O–H groups in total. The third-order valence-corrected chi connectivity index (χ3v) is 6.13. The van der Waals surface area contributed by atoms with Crippen LogP contribution in [0.2, 0.25) is 5.15 Å². The van der Waals surface area contributed by atoms with Crippen LogP contribution in [-0.2, 0) is 10.0 Å². The zero-order chi connectivity index (χ0) is 17.7. The molecule has 1 aliphatic rings. The maximum atomic E-state index is 13.2. The van der Waals surface area contributed by atoms with Crippen molar-refractivity contribution in [3.63, 3.8) is 0 Å². The number of fused-ring (bicyclic) bond motifs is 1. The van der Waals surface area contributed by atoms with E-state index in [1.54, 1.807) is 0 Å². The molecule has 3 rings (SSSR count). The van der Waals surface area contributed by atoms with Gasteiger partial charge in [-0.05, 0) is 12.1 Å². The Hall–Kier alpha value is -1.78. The maximum absolute atomic E-state index is 13.2. The highest BCUT2D eigenvalue weighted by atomic mass is 35.5. The molecule has 1 saturated heterocycles. The lowest BCUT2D eigenvalue weighted by Crippen LogP contribution is -2.43. The molecular weight excluding hydrogens is 368 g/mol. The van der Waals surface area contributed by atoms with Crippen molar-refractivity contribution in [1.29, 1.82) is 0 Å². The van der Waals surface area contributed by atoms with Gasteiger partial charge < -0.3 is 5.11 Å². The van der Waals surface area contributed by atoms with Crippen LogP contribution >= 0.6 is 11.6 Å². The van der Waals surface area contributed by atoms with Crippen molar-refractivity contribution in [2.45, 2.75) is 23.8 Å². The van der Waals surface area contributed by atoms with Gasteiger partial charge in [0.15, 0.2) is 10.2 Å². The molecule has 1 aliphatic heterocycles. The first kappa shape index (κ1) is 17.1. The number of piperidine rings is 1. The first-order chi connectivity index (χ1) is 11.1. The lowest BCUT2D eigenvalue weighted by molar-refractivity contribution is -0.0412. The predicted molar refractivity (Wildman–Crippen MR) is 80.1 cm³/mol. The van der Waals surface area contributed by atoms with Crippen LogP contribution in [0, 0.1) is 0 Å². The number of hydrogen-bond acceptors (Lipinski definition) is 4. The molecular formula is C13H12ClF2N3O4S. The molecule has 24 heavy (non-hydrogen) atoms. The summed E-state index contributed by atoms with van der Waals surface area (Å²) < 4.78 is 54.0. The minimum absolute atomic E-state index is 0.0424. The van der Waals surface area contributed by atoms with Gasteiger partial charge in [-0.25, -0.2) is 27.0 Å². The van der Waals surface area contributed by atoms with Gasteiger partial charge >= 0.3 is 5.97 Å². The molecule has 7 nitrogen and oxygen atoms in total. The largest absolute Gasteiger partial charge is 0.478 e. The Morgan fingerprint density at radius 1 is 1.33 bits per heavy atom. The Bertz CT molecular complexity index is 919. The van der Waals surface area contributed by atoms with E-state index in [4.69, 9.17) is 16.7 Å². The third-order valence-electron chi connectivity index (χ3n) is 3.83. The van der Waals surface area contributed by atoms with Crippen LogP contribution in [0.25, 0.3) is 5.65 Å². The van der Waals surface area contributed by atoms with Gasteiger partial charge in [-0.2, -0.15) is 4.31 Å². The molecule has 0 saturated carbocycles. The standard InChI is InChI=1S/C13H12ClF2N3O4S/c14-10-11(19-4-1-8(12(20)21)7-9(19)17-10)24(22,23)18-5-2-13(15,16)3-6-18/h1,4,7H,2-3,5-6H2,(H,20,21). The van der Waals surface area contributed by atoms with E-state index in [0.29, 0.717) is 0 Å². The summed E-state index contributed by atoms with van der Waals surface area (Å²) in [5, 5.41) is 8.27. The van der Waals surface area contributed by atoms with E-state index in [9.17, 15) is 22.0 Å². The Kier molecular flexibility index (Phi) is 4.01. The molecule has 1 fully saturated rings. The van der Waals surface area contributed by atoms with E-state index in [2.05, 4.69) is 4.98 Å². The number of aromatic nitrogens is 2. The Morgan fingerprint density at radius 2 is 1.96 bits per heavy atom. The summed E-state index contributed by atoms with van der Waals surface area (Å²) in [6.45, 7) is -0.655. The van der Waals surface area contributed by atoms with Crippen LogP contribution in [-0.4, -0.2) is 52.2 Å². The van der Waals surface area contributed by atoms with E-state index in [1.165, 1.54) is 18.3 Å². The normalized spacial score (nSPS) is 18.8. The van der Waals surface area contributed by atoms with Crippen molar-refractivity contribution in [3.05, 3.63) is 29.0 Å². The van der Waals surface area contributed by atoms with Crippen LogP contribution in [0.5, 0.6) is 0 Å². The van der Waals surface area contributed by atoms with Crippen molar-refractivity contribution in [2.24, 2.45) is 0 Å². The molecule has 0 amide bonds. The van der Waals surface area contributed by atoms with Gasteiger partial charge in [-0.15, -0.1) is 0 Å². The van der Waals surface area contributed by atoms with Crippen molar-refractivity contribution < 1.29 is 27.1 Å². The van der Waals surface area contributed by atoms with Crippen LogP contribution in [0.1, 0.15) is 23.2 Å². The van der Waals surface area contributed by atoms with Crippen LogP contribution in [0.4, 0.5) is 8.78 Å². The number of sulfonamides is 1. The zero-order valence-electron chi connectivity index (χ0n) is 12.1. The minimum atomic E-state index is -4.14. The summed E-state index contributed by atoms with van der Waals surface area (Å²) >= 11 is 5.93. The minimum Gasteiger partial charge on any atom is -0.478 e. The average Bonchev–Trinajstić information content (AvgIpc) is 2.82. The smallest absolute Gasteiger partial charge is 0.335 e. The van der Waals surface area contributed by atoms with Gasteiger partial charge in [-0.1, -0.05) is 11.6 Å². The number of halogens is 3. The van der Waals surface area contributed by atoms with Gasteiger partial charge in [0.25, 0.3) is 15.9 Å². The lowest BCUT2D eigenvalue weighted by atomic mass is 10.1. The molecule has 0 unspecified atom stereocenters. The molecule has 3 heterocycles. The van der Waals surface area contributed by atoms with Crippen LogP contribution in [0.15, 0.2) is 23.4 Å². The number of aromatic carboxylic acids is 1. The maximum Gasteiger partial charge on any atom is 0.335 e. The number of pyridine rings is 1. The molecule has 11 heteroatoms. The van der Waals surface area contributed by atoms with Gasteiger partial charge in [-0.3, -0.25) is 4.40 Å². The first-order valence-corrected chi connectivity index (χ1v) is 8.72. The Labute approximate surface area is 140 Å². The number of alkyl halides is 2. The summed E-state index contributed by atoms with van der Waals surface area (Å²) in [5.74, 6) is -4.08. The lowest BCUT2D eigenvalue weighted by Gasteiger charge is -2.30. The summed E-state index contributed by atoms with van der Waals surface area (Å²) in [5.41, 5.74) is -0.0356. The number of imidazole rings is 1. The highest BCUT2D eigenvalue weighted by molar-refractivity contribution is 7.89. The van der Waals surface area contributed by atoms with Crippen molar-refractivity contribution in [3.8, 4) is 0 Å². The van der Waals surface area contributed by atoms with Crippen molar-refractivity contribution in [2.75, 3.05) is 13.1 Å². The molecule has 2 aromatic heterocycles. The summed E-state index contributed by atoms with van der Waals surface area (Å²) in [4.78, 5) is 14.8. The highest BCUT2D eigenvalue weighted by Crippen LogP contribution is 2.32. The Balaban J connectivity index is 2.05. The average molecular weight is 380 g/mol. The van der Waals surface area contributed by atoms with Crippen molar-refractivity contribution in [1.82, 2.24) is 13.7 Å². The van der Waals surface area contributed by atoms with Crippen molar-refractivity contribution >= 4 is 33.2 Å². The summed E-state index contributed by atoms with van der Waals surface area (Å²) in [6.07, 6.45) is 0.0938. The quantitative estimate of drug-likeness (QED) is 0.881. The predicted octanol–water partition coefficient (Wildman–Crippen LogP) is 2.11. The van der Waals surface area contributed by atoms with E-state index >= 15 is 0 Å². The monoisotopic (exact) mass is 379 g/mol. The molecule has 0 radical (unpaired) electrons. The van der Waals surface area contributed by atoms with E-state index in [1.807, 2.05) is 0 Å². The molecule has 0 bridgehead atoms. The van der Waals surface area contributed by atoms with E-state index < -0.39 is 34.8 Å². The molecule has 0 spiro atoms. The van der Waals surface area contributed by atoms with Gasteiger partial charge in [0, 0.05) is 32.1 Å². The summed E-state index contributed by atoms with van der Waals surface area (Å²) in [6, 6.07) is 2.38. The third kappa shape index (κ3) is 2.85. The number of carbonyl (C=O) groups is 1. The van der Waals surface area contributed by atoms with Gasteiger partial charge in [0.2, 0.25) is 0 Å². The van der Waals surface area contributed by atoms with Gasteiger partial charge in [0.1, 0.15) is 5.65 Å². The number of rotatable bonds is 3. The second-order valence-corrected chi connectivity index (χ2v) is 7.63. The first-order valence-electron chi connectivity index (χ1n) is 6.91. The molecule has 130 valence electrons. The van der Waals surface area contributed by atoms with Gasteiger partial charge in [0.05, 0.1) is 5.56 Å². The molecule has 0 aromatic carbocycles. The molecule has 0 atom stereocenters.